The van der Waals surface area contributed by atoms with Gasteiger partial charge in [0, 0.05) is 42.0 Å². The average molecular weight is 509 g/mol. The van der Waals surface area contributed by atoms with Gasteiger partial charge in [0.15, 0.2) is 0 Å². The fourth-order valence-corrected chi connectivity index (χ4v) is 5.35. The van der Waals surface area contributed by atoms with Crippen LogP contribution in [-0.2, 0) is 6.54 Å². The molecule has 3 heterocycles. The van der Waals surface area contributed by atoms with Gasteiger partial charge in [0.2, 0.25) is 5.89 Å². The molecule has 2 aliphatic heterocycles. The van der Waals surface area contributed by atoms with Crippen LogP contribution in [0.5, 0.6) is 0 Å². The third-order valence-corrected chi connectivity index (χ3v) is 7.26. The minimum Gasteiger partial charge on any atom is -0.415 e. The summed E-state index contributed by atoms with van der Waals surface area (Å²) in [6, 6.07) is 13.6. The number of fused-ring (bicyclic) bond motifs is 2. The molecule has 6 rings (SSSR count). The van der Waals surface area contributed by atoms with Crippen LogP contribution in [0.2, 0.25) is 0 Å². The van der Waals surface area contributed by atoms with Crippen molar-refractivity contribution in [1.29, 1.82) is 0 Å². The summed E-state index contributed by atoms with van der Waals surface area (Å²) in [6.07, 6.45) is -2.00. The first kappa shape index (κ1) is 23.4. The number of piperazine rings is 1. The number of alkyl halides is 2. The van der Waals surface area contributed by atoms with E-state index in [4.69, 9.17) is 4.42 Å². The first-order valence-corrected chi connectivity index (χ1v) is 11.8. The minimum absolute atomic E-state index is 0.0259. The summed E-state index contributed by atoms with van der Waals surface area (Å²) in [5.74, 6) is -1.71. The summed E-state index contributed by atoms with van der Waals surface area (Å²) in [5, 5.41) is 6.84. The molecule has 2 atom stereocenters. The zero-order chi connectivity index (χ0) is 25.8. The number of hydrogen-bond donors (Lipinski definition) is 0. The van der Waals surface area contributed by atoms with Crippen LogP contribution in [0.15, 0.2) is 62.5 Å². The fourth-order valence-electron chi connectivity index (χ4n) is 5.35. The molecule has 8 nitrogen and oxygen atoms in total. The first-order chi connectivity index (χ1) is 17.8. The lowest BCUT2D eigenvalue weighted by molar-refractivity contribution is 0.116. The minimum atomic E-state index is -2.93. The Morgan fingerprint density at radius 1 is 1.05 bits per heavy atom. The molecule has 2 aliphatic rings. The lowest BCUT2D eigenvalue weighted by Crippen LogP contribution is -2.51. The Bertz CT molecular complexity index is 1530. The van der Waals surface area contributed by atoms with Gasteiger partial charge in [-0.2, -0.15) is 8.78 Å². The molecule has 0 saturated carbocycles. The van der Waals surface area contributed by atoms with E-state index >= 15 is 4.39 Å². The average Bonchev–Trinajstić information content (AvgIpc) is 3.63. The maximum atomic E-state index is 15.3. The monoisotopic (exact) mass is 509 g/mol. The number of halogens is 3. The van der Waals surface area contributed by atoms with Crippen molar-refractivity contribution in [2.24, 2.45) is 0 Å². The maximum Gasteiger partial charge on any atom is 0.314 e. The summed E-state index contributed by atoms with van der Waals surface area (Å²) in [6.45, 7) is 1.45. The molecule has 0 N–H and O–H groups in total. The highest BCUT2D eigenvalue weighted by Gasteiger charge is 2.45. The van der Waals surface area contributed by atoms with Crippen molar-refractivity contribution in [3.8, 4) is 11.5 Å². The van der Waals surface area contributed by atoms with Crippen molar-refractivity contribution < 1.29 is 17.6 Å². The van der Waals surface area contributed by atoms with Crippen LogP contribution >= 0.6 is 0 Å². The van der Waals surface area contributed by atoms with Gasteiger partial charge in [-0.15, -0.1) is 10.2 Å². The van der Waals surface area contributed by atoms with Crippen LogP contribution in [0, 0.1) is 5.82 Å². The van der Waals surface area contributed by atoms with Crippen LogP contribution in [0.1, 0.15) is 24.3 Å². The standard InChI is InChI=1S/C26H22F3N5O3/c1-32-12-18-10-17(32)13-34(18)21-20(22(35)23(21)36)33(16-5-3-2-4-6-16)11-15-8-7-14(9-19(15)27)25-30-31-26(37-25)24(28)29/h2-9,17-18,24H,10-13H2,1H3/t17-,18-/m0/s1. The van der Waals surface area contributed by atoms with Gasteiger partial charge in [0.25, 0.3) is 16.7 Å². The smallest absolute Gasteiger partial charge is 0.314 e. The van der Waals surface area contributed by atoms with Crippen LogP contribution in [0.25, 0.3) is 11.5 Å². The Morgan fingerprint density at radius 2 is 1.84 bits per heavy atom. The molecule has 11 heteroatoms. The number of hydrogen-bond acceptors (Lipinski definition) is 8. The molecule has 2 fully saturated rings. The molecular formula is C26H22F3N5O3. The molecule has 0 radical (unpaired) electrons. The lowest BCUT2D eigenvalue weighted by Gasteiger charge is -2.37. The van der Waals surface area contributed by atoms with E-state index in [9.17, 15) is 18.4 Å². The molecule has 1 aromatic heterocycles. The third-order valence-electron chi connectivity index (χ3n) is 7.26. The van der Waals surface area contributed by atoms with E-state index in [1.54, 1.807) is 29.2 Å². The zero-order valence-corrected chi connectivity index (χ0v) is 19.8. The van der Waals surface area contributed by atoms with E-state index < -0.39 is 29.0 Å². The van der Waals surface area contributed by atoms with Crippen LogP contribution in [-0.4, -0.2) is 47.3 Å². The largest absolute Gasteiger partial charge is 0.415 e. The molecule has 3 aromatic carbocycles. The van der Waals surface area contributed by atoms with Gasteiger partial charge < -0.3 is 14.2 Å². The number of benzene rings is 2. The predicted molar refractivity (Wildman–Crippen MR) is 130 cm³/mol. The normalized spacial score (nSPS) is 19.4. The van der Waals surface area contributed by atoms with Crippen LogP contribution < -0.4 is 20.7 Å². The second kappa shape index (κ2) is 8.84. The Kier molecular flexibility index (Phi) is 5.59. The highest BCUT2D eigenvalue weighted by atomic mass is 19.3. The van der Waals surface area contributed by atoms with Gasteiger partial charge in [-0.05, 0) is 37.7 Å². The fraction of sp³-hybridized carbons (Fsp3) is 0.308. The maximum absolute atomic E-state index is 15.3. The molecule has 0 spiro atoms. The van der Waals surface area contributed by atoms with Gasteiger partial charge in [0.05, 0.1) is 6.54 Å². The van der Waals surface area contributed by atoms with E-state index in [1.165, 1.54) is 12.1 Å². The van der Waals surface area contributed by atoms with Crippen molar-refractivity contribution >= 4 is 17.1 Å². The highest BCUT2D eigenvalue weighted by molar-refractivity contribution is 5.82. The van der Waals surface area contributed by atoms with E-state index in [1.807, 2.05) is 11.0 Å². The van der Waals surface area contributed by atoms with Crippen LogP contribution in [0.4, 0.5) is 30.2 Å². The summed E-state index contributed by atoms with van der Waals surface area (Å²) in [5.41, 5.74) is 0.553. The first-order valence-electron chi connectivity index (χ1n) is 11.8. The number of likely N-dealkylation sites (tertiary alicyclic amines) is 1. The van der Waals surface area contributed by atoms with Gasteiger partial charge in [-0.3, -0.25) is 14.5 Å². The summed E-state index contributed by atoms with van der Waals surface area (Å²) < 4.78 is 45.8. The molecule has 190 valence electrons. The van der Waals surface area contributed by atoms with Gasteiger partial charge in [-0.25, -0.2) is 4.39 Å². The molecule has 2 bridgehead atoms. The summed E-state index contributed by atoms with van der Waals surface area (Å²) in [7, 11) is 2.05. The highest BCUT2D eigenvalue weighted by Crippen LogP contribution is 2.39. The molecule has 0 amide bonds. The van der Waals surface area contributed by atoms with E-state index in [-0.39, 0.29) is 35.3 Å². The Balaban J connectivity index is 1.35. The third kappa shape index (κ3) is 3.90. The number of para-hydroxylation sites is 1. The Labute approximate surface area is 209 Å². The second-order valence-electron chi connectivity index (χ2n) is 9.46. The van der Waals surface area contributed by atoms with Gasteiger partial charge >= 0.3 is 6.43 Å². The molecule has 0 aliphatic carbocycles. The van der Waals surface area contributed by atoms with Crippen molar-refractivity contribution in [2.75, 3.05) is 29.9 Å². The Hall–Kier alpha value is -3.99. The van der Waals surface area contributed by atoms with E-state index in [2.05, 4.69) is 22.1 Å². The predicted octanol–water partition coefficient (Wildman–Crippen LogP) is 3.64. The summed E-state index contributed by atoms with van der Waals surface area (Å²) in [4.78, 5) is 31.6. The van der Waals surface area contributed by atoms with Crippen molar-refractivity contribution in [3.05, 3.63) is 86.2 Å². The van der Waals surface area contributed by atoms with Crippen molar-refractivity contribution in [3.63, 3.8) is 0 Å². The number of nitrogens with zero attached hydrogens (tertiary/aromatic N) is 5. The number of aromatic nitrogens is 2. The molecule has 37 heavy (non-hydrogen) atoms. The van der Waals surface area contributed by atoms with E-state index in [0.717, 1.165) is 19.0 Å². The molecule has 0 unspecified atom stereocenters. The Morgan fingerprint density at radius 3 is 2.46 bits per heavy atom. The SMILES string of the molecule is CN1C[C@@H]2C[C@H]1CN2c1c(N(Cc2ccc(-c3nnc(C(F)F)o3)cc2F)c2ccccc2)c(=O)c1=O. The number of likely N-dealkylation sites (N-methyl/N-ethyl adjacent to an activating group) is 1. The lowest BCUT2D eigenvalue weighted by atomic mass is 10.1. The molecular weight excluding hydrogens is 487 g/mol. The second-order valence-corrected chi connectivity index (χ2v) is 9.46. The van der Waals surface area contributed by atoms with Gasteiger partial charge in [0.1, 0.15) is 17.2 Å². The zero-order valence-electron chi connectivity index (χ0n) is 19.8. The summed E-state index contributed by atoms with van der Waals surface area (Å²) >= 11 is 0. The molecule has 2 saturated heterocycles. The quantitative estimate of drug-likeness (QED) is 0.350. The van der Waals surface area contributed by atoms with Crippen LogP contribution in [0.3, 0.4) is 0 Å². The van der Waals surface area contributed by atoms with Crippen molar-refractivity contribution in [1.82, 2.24) is 15.1 Å². The molecule has 4 aromatic rings. The topological polar surface area (TPSA) is 82.8 Å². The van der Waals surface area contributed by atoms with Crippen molar-refractivity contribution in [2.45, 2.75) is 31.5 Å². The van der Waals surface area contributed by atoms with E-state index in [0.29, 0.717) is 24.0 Å². The number of anilines is 3. The van der Waals surface area contributed by atoms with Gasteiger partial charge in [-0.1, -0.05) is 24.3 Å². The number of rotatable bonds is 7.